The van der Waals surface area contributed by atoms with E-state index in [1.165, 1.54) is 0 Å². The standard InChI is InChI=1S/C25H30N10O2/c1-6-34-11-15(2)37-25-22(20(14-36-5)31-33(25)4)19-12-35-16(10-28-24(35)23(27)29-19)7-8-17-18(9-26)30-32(3)21(17)13-34/h7-8,10,12,15H,6,11,13-14H2,1-5H3,(H2,27,29)/b8-7+. The molecular formula is C25H30N10O2. The molecule has 12 heteroatoms. The summed E-state index contributed by atoms with van der Waals surface area (Å²) in [4.78, 5) is 11.4. The van der Waals surface area contributed by atoms with Gasteiger partial charge in [-0.1, -0.05) is 6.92 Å². The molecule has 1 unspecified atom stereocenters. The summed E-state index contributed by atoms with van der Waals surface area (Å²) >= 11 is 0. The molecule has 0 saturated heterocycles. The summed E-state index contributed by atoms with van der Waals surface area (Å²) < 4.78 is 17.3. The molecular weight excluding hydrogens is 472 g/mol. The normalized spacial score (nSPS) is 17.0. The first-order chi connectivity index (χ1) is 17.8. The molecule has 0 spiro atoms. The smallest absolute Gasteiger partial charge is 0.221 e. The van der Waals surface area contributed by atoms with Gasteiger partial charge in [0.05, 0.1) is 35.4 Å². The van der Waals surface area contributed by atoms with Gasteiger partial charge in [-0.15, -0.1) is 0 Å². The number of nitriles is 1. The van der Waals surface area contributed by atoms with Crippen LogP contribution in [0.25, 0.3) is 29.1 Å². The van der Waals surface area contributed by atoms with Crippen LogP contribution < -0.4 is 10.5 Å². The van der Waals surface area contributed by atoms with E-state index in [0.29, 0.717) is 41.7 Å². The number of hydrogen-bond acceptors (Lipinski definition) is 9. The van der Waals surface area contributed by atoms with Crippen molar-refractivity contribution in [3.8, 4) is 23.2 Å². The molecule has 4 aromatic heterocycles. The van der Waals surface area contributed by atoms with Crippen LogP contribution in [0.3, 0.4) is 0 Å². The lowest BCUT2D eigenvalue weighted by molar-refractivity contribution is 0.134. The third kappa shape index (κ3) is 4.32. The minimum Gasteiger partial charge on any atom is -0.473 e. The molecule has 2 N–H and O–H groups in total. The Kier molecular flexibility index (Phi) is 6.41. The fraction of sp³-hybridized carbons (Fsp3) is 0.400. The van der Waals surface area contributed by atoms with Crippen molar-refractivity contribution < 1.29 is 9.47 Å². The van der Waals surface area contributed by atoms with E-state index in [1.807, 2.05) is 43.8 Å². The van der Waals surface area contributed by atoms with Gasteiger partial charge in [0, 0.05) is 46.1 Å². The fourth-order valence-corrected chi connectivity index (χ4v) is 4.76. The Morgan fingerprint density at radius 2 is 2.05 bits per heavy atom. The van der Waals surface area contributed by atoms with Crippen LogP contribution in [0.5, 0.6) is 5.88 Å². The topological polar surface area (TPSA) is 137 Å². The number of likely N-dealkylation sites (N-methyl/N-ethyl adjacent to an activating group) is 1. The lowest BCUT2D eigenvalue weighted by atomic mass is 10.1. The van der Waals surface area contributed by atoms with Gasteiger partial charge in [-0.05, 0) is 25.6 Å². The SMILES string of the molecule is CCN1Cc2c(c(C#N)nn2C)/C=C/c2cnc3c(N)nc(cn23)-c2c(COC)nn(C)c2OC(C)C1. The van der Waals surface area contributed by atoms with Crippen LogP contribution in [0.2, 0.25) is 0 Å². The van der Waals surface area contributed by atoms with Crippen LogP contribution in [-0.4, -0.2) is 65.1 Å². The number of aryl methyl sites for hydroxylation is 2. The Labute approximate surface area is 214 Å². The number of hydrogen-bond donors (Lipinski definition) is 1. The van der Waals surface area contributed by atoms with E-state index < -0.39 is 0 Å². The highest BCUT2D eigenvalue weighted by Gasteiger charge is 2.25. The predicted octanol–water partition coefficient (Wildman–Crippen LogP) is 2.24. The number of anilines is 1. The lowest BCUT2D eigenvalue weighted by Gasteiger charge is -2.25. The van der Waals surface area contributed by atoms with Gasteiger partial charge < -0.3 is 15.2 Å². The third-order valence-corrected chi connectivity index (χ3v) is 6.53. The van der Waals surface area contributed by atoms with Crippen molar-refractivity contribution >= 4 is 23.6 Å². The second kappa shape index (κ2) is 9.68. The molecule has 0 fully saturated rings. The van der Waals surface area contributed by atoms with E-state index in [1.54, 1.807) is 22.7 Å². The van der Waals surface area contributed by atoms with Gasteiger partial charge in [-0.2, -0.15) is 15.5 Å². The molecule has 2 bridgehead atoms. The van der Waals surface area contributed by atoms with Gasteiger partial charge in [-0.3, -0.25) is 14.0 Å². The second-order valence-corrected chi connectivity index (χ2v) is 9.11. The molecule has 1 atom stereocenters. The van der Waals surface area contributed by atoms with Crippen LogP contribution >= 0.6 is 0 Å². The Morgan fingerprint density at radius 3 is 2.78 bits per heavy atom. The molecule has 0 aliphatic carbocycles. The summed E-state index contributed by atoms with van der Waals surface area (Å²) in [7, 11) is 5.33. The Hall–Kier alpha value is -4.21. The molecule has 1 aliphatic heterocycles. The maximum atomic E-state index is 9.76. The average molecular weight is 503 g/mol. The van der Waals surface area contributed by atoms with Crippen LogP contribution in [0, 0.1) is 11.3 Å². The number of rotatable bonds is 3. The molecule has 5 rings (SSSR count). The van der Waals surface area contributed by atoms with Crippen molar-refractivity contribution in [1.82, 2.24) is 38.8 Å². The maximum absolute atomic E-state index is 9.76. The monoisotopic (exact) mass is 502 g/mol. The number of methoxy groups -OCH3 is 1. The Balaban J connectivity index is 1.76. The molecule has 1 aliphatic rings. The molecule has 0 saturated carbocycles. The van der Waals surface area contributed by atoms with E-state index in [0.717, 1.165) is 29.1 Å². The van der Waals surface area contributed by atoms with Gasteiger partial charge >= 0.3 is 0 Å². The summed E-state index contributed by atoms with van der Waals surface area (Å²) in [6, 6.07) is 2.23. The van der Waals surface area contributed by atoms with Gasteiger partial charge in [0.1, 0.15) is 17.9 Å². The van der Waals surface area contributed by atoms with Crippen molar-refractivity contribution in [2.45, 2.75) is 33.1 Å². The maximum Gasteiger partial charge on any atom is 0.221 e. The van der Waals surface area contributed by atoms with Gasteiger partial charge in [0.15, 0.2) is 17.2 Å². The van der Waals surface area contributed by atoms with E-state index in [-0.39, 0.29) is 18.5 Å². The first-order valence-corrected chi connectivity index (χ1v) is 12.1. The van der Waals surface area contributed by atoms with Crippen LogP contribution in [-0.2, 0) is 32.0 Å². The highest BCUT2D eigenvalue weighted by molar-refractivity contribution is 5.77. The largest absolute Gasteiger partial charge is 0.473 e. The molecule has 5 heterocycles. The van der Waals surface area contributed by atoms with Crippen molar-refractivity contribution in [3.63, 3.8) is 0 Å². The number of aromatic nitrogens is 7. The van der Waals surface area contributed by atoms with Gasteiger partial charge in [0.25, 0.3) is 0 Å². The van der Waals surface area contributed by atoms with Crippen molar-refractivity contribution in [2.24, 2.45) is 14.1 Å². The Bertz CT molecular complexity index is 1540. The van der Waals surface area contributed by atoms with Crippen LogP contribution in [0.1, 0.15) is 42.2 Å². The number of ether oxygens (including phenoxy) is 2. The Morgan fingerprint density at radius 1 is 1.24 bits per heavy atom. The fourth-order valence-electron chi connectivity index (χ4n) is 4.76. The summed E-state index contributed by atoms with van der Waals surface area (Å²) in [6.07, 6.45) is 7.26. The highest BCUT2D eigenvalue weighted by Crippen LogP contribution is 2.35. The van der Waals surface area contributed by atoms with Crippen molar-refractivity contribution in [1.29, 1.82) is 5.26 Å². The minimum absolute atomic E-state index is 0.179. The van der Waals surface area contributed by atoms with Gasteiger partial charge in [0.2, 0.25) is 5.88 Å². The zero-order chi connectivity index (χ0) is 26.3. The van der Waals surface area contributed by atoms with Crippen LogP contribution in [0.4, 0.5) is 5.82 Å². The van der Waals surface area contributed by atoms with Crippen LogP contribution in [0.15, 0.2) is 12.4 Å². The average Bonchev–Trinajstić information content (AvgIpc) is 3.51. The minimum atomic E-state index is -0.179. The first-order valence-electron chi connectivity index (χ1n) is 12.1. The molecule has 12 nitrogen and oxygen atoms in total. The number of nitrogens with two attached hydrogens (primary N) is 1. The van der Waals surface area contributed by atoms with Crippen molar-refractivity contribution in [3.05, 3.63) is 40.7 Å². The molecule has 0 radical (unpaired) electrons. The molecule has 0 amide bonds. The van der Waals surface area contributed by atoms with Crippen molar-refractivity contribution in [2.75, 3.05) is 25.9 Å². The summed E-state index contributed by atoms with van der Waals surface area (Å²) in [5.41, 5.74) is 11.8. The predicted molar refractivity (Wildman–Crippen MR) is 138 cm³/mol. The van der Waals surface area contributed by atoms with E-state index in [2.05, 4.69) is 38.1 Å². The lowest BCUT2D eigenvalue weighted by Crippen LogP contribution is -2.34. The summed E-state index contributed by atoms with van der Waals surface area (Å²) in [6.45, 7) is 6.46. The first kappa shape index (κ1) is 24.5. The zero-order valence-corrected chi connectivity index (χ0v) is 21.6. The highest BCUT2D eigenvalue weighted by atomic mass is 16.5. The van der Waals surface area contributed by atoms with E-state index >= 15 is 0 Å². The third-order valence-electron chi connectivity index (χ3n) is 6.53. The molecule has 37 heavy (non-hydrogen) atoms. The van der Waals surface area contributed by atoms with E-state index in [4.69, 9.17) is 15.2 Å². The number of nitrogens with zero attached hydrogens (tertiary/aromatic N) is 9. The molecule has 0 aromatic carbocycles. The number of fused-ring (bicyclic) bond motifs is 4. The van der Waals surface area contributed by atoms with E-state index in [9.17, 15) is 5.26 Å². The second-order valence-electron chi connectivity index (χ2n) is 9.11. The zero-order valence-electron chi connectivity index (χ0n) is 21.6. The summed E-state index contributed by atoms with van der Waals surface area (Å²) in [5.74, 6) is 0.867. The number of imidazole rings is 1. The quantitative estimate of drug-likeness (QED) is 0.447. The summed E-state index contributed by atoms with van der Waals surface area (Å²) in [5, 5.41) is 18.9. The molecule has 4 aromatic rings. The molecule has 192 valence electrons. The number of nitrogen functional groups attached to an aromatic ring is 1. The van der Waals surface area contributed by atoms with Gasteiger partial charge in [-0.25, -0.2) is 14.6 Å².